The number of ketones is 1. The van der Waals surface area contributed by atoms with Gasteiger partial charge in [0.05, 0.1) is 17.5 Å². The van der Waals surface area contributed by atoms with Crippen LogP contribution in [-0.4, -0.2) is 23.7 Å². The normalized spacial score (nSPS) is 12.0. The average Bonchev–Trinajstić information content (AvgIpc) is 2.28. The van der Waals surface area contributed by atoms with E-state index in [0.717, 1.165) is 5.56 Å². The average molecular weight is 255 g/mol. The van der Waals surface area contributed by atoms with Crippen molar-refractivity contribution >= 4 is 23.4 Å². The van der Waals surface area contributed by atoms with Crippen LogP contribution in [0.2, 0.25) is 0 Å². The molecule has 1 aromatic rings. The maximum atomic E-state index is 11.8. The monoisotopic (exact) mass is 254 g/mol. The highest BCUT2D eigenvalue weighted by molar-refractivity contribution is 6.33. The van der Waals surface area contributed by atoms with Crippen LogP contribution in [-0.2, 0) is 4.74 Å². The number of benzene rings is 1. The van der Waals surface area contributed by atoms with Crippen molar-refractivity contribution in [2.45, 2.75) is 26.1 Å². The van der Waals surface area contributed by atoms with E-state index in [0.29, 0.717) is 17.7 Å². The van der Waals surface area contributed by atoms with Crippen molar-refractivity contribution in [2.24, 2.45) is 0 Å². The first kappa shape index (κ1) is 13.7. The lowest BCUT2D eigenvalue weighted by Gasteiger charge is -2.08. The molecule has 0 radical (unpaired) electrons. The Labute approximate surface area is 106 Å². The molecule has 0 fully saturated rings. The van der Waals surface area contributed by atoms with Crippen LogP contribution in [0.4, 0.5) is 0 Å². The highest BCUT2D eigenvalue weighted by Crippen LogP contribution is 2.16. The molecule has 0 aromatic heterocycles. The molecule has 1 aromatic carbocycles. The first-order chi connectivity index (χ1) is 7.97. The largest absolute Gasteiger partial charge is 0.462 e. The Balaban J connectivity index is 3.10. The number of rotatable bonds is 4. The van der Waals surface area contributed by atoms with Crippen LogP contribution in [0.5, 0.6) is 0 Å². The second-order valence-corrected chi connectivity index (χ2v) is 4.39. The minimum atomic E-state index is -0.605. The molecule has 0 bridgehead atoms. The van der Waals surface area contributed by atoms with Gasteiger partial charge in [-0.3, -0.25) is 4.79 Å². The lowest BCUT2D eigenvalue weighted by Crippen LogP contribution is -2.14. The summed E-state index contributed by atoms with van der Waals surface area (Å²) in [5.74, 6) is -0.612. The van der Waals surface area contributed by atoms with Gasteiger partial charge >= 0.3 is 5.97 Å². The molecule has 1 atom stereocenters. The Morgan fingerprint density at radius 3 is 2.59 bits per heavy atom. The fourth-order valence-electron chi connectivity index (χ4n) is 1.44. The van der Waals surface area contributed by atoms with Gasteiger partial charge in [0.2, 0.25) is 0 Å². The van der Waals surface area contributed by atoms with E-state index >= 15 is 0 Å². The number of hydrogen-bond donors (Lipinski definition) is 0. The van der Waals surface area contributed by atoms with Crippen molar-refractivity contribution in [2.75, 3.05) is 6.61 Å². The van der Waals surface area contributed by atoms with Gasteiger partial charge < -0.3 is 4.74 Å². The lowest BCUT2D eigenvalue weighted by atomic mass is 10.00. The van der Waals surface area contributed by atoms with E-state index in [1.54, 1.807) is 32.9 Å². The lowest BCUT2D eigenvalue weighted by molar-refractivity contribution is 0.0526. The topological polar surface area (TPSA) is 43.4 Å². The van der Waals surface area contributed by atoms with Gasteiger partial charge in [-0.1, -0.05) is 6.07 Å². The molecule has 0 heterocycles. The molecule has 17 heavy (non-hydrogen) atoms. The second kappa shape index (κ2) is 5.82. The molecule has 0 saturated carbocycles. The van der Waals surface area contributed by atoms with E-state index in [-0.39, 0.29) is 5.78 Å². The van der Waals surface area contributed by atoms with Crippen LogP contribution >= 0.6 is 11.6 Å². The van der Waals surface area contributed by atoms with Gasteiger partial charge in [-0.25, -0.2) is 4.79 Å². The summed E-state index contributed by atoms with van der Waals surface area (Å²) in [6.45, 7) is 5.46. The molecular formula is C13H15ClO3. The van der Waals surface area contributed by atoms with Gasteiger partial charge in [-0.2, -0.15) is 0 Å². The quantitative estimate of drug-likeness (QED) is 0.471. The molecule has 4 heteroatoms. The van der Waals surface area contributed by atoms with Gasteiger partial charge in [0.15, 0.2) is 5.78 Å². The van der Waals surface area contributed by atoms with Crippen LogP contribution in [0.1, 0.15) is 40.1 Å². The molecular weight excluding hydrogens is 240 g/mol. The molecule has 92 valence electrons. The van der Waals surface area contributed by atoms with Gasteiger partial charge in [0, 0.05) is 5.56 Å². The van der Waals surface area contributed by atoms with Crippen LogP contribution in [0.15, 0.2) is 18.2 Å². The Kier molecular flexibility index (Phi) is 4.70. The molecule has 0 aliphatic heterocycles. The zero-order valence-electron chi connectivity index (χ0n) is 10.1. The number of halogens is 1. The minimum absolute atomic E-state index is 0.185. The van der Waals surface area contributed by atoms with Crippen molar-refractivity contribution in [3.8, 4) is 0 Å². The van der Waals surface area contributed by atoms with Crippen LogP contribution < -0.4 is 0 Å². The first-order valence-electron chi connectivity index (χ1n) is 5.43. The smallest absolute Gasteiger partial charge is 0.338 e. The third-order valence-corrected chi connectivity index (χ3v) is 2.57. The number of aryl methyl sites for hydroxylation is 1. The molecule has 0 aliphatic rings. The molecule has 0 saturated heterocycles. The number of ether oxygens (including phenoxy) is 1. The number of hydrogen-bond acceptors (Lipinski definition) is 3. The fraction of sp³-hybridized carbons (Fsp3) is 0.385. The SMILES string of the molecule is CCOC(=O)c1ccc(C)c(C(=O)C(C)Cl)c1. The minimum Gasteiger partial charge on any atom is -0.462 e. The summed E-state index contributed by atoms with van der Waals surface area (Å²) in [6.07, 6.45) is 0. The molecule has 3 nitrogen and oxygen atoms in total. The maximum Gasteiger partial charge on any atom is 0.338 e. The van der Waals surface area contributed by atoms with E-state index < -0.39 is 11.3 Å². The number of esters is 1. The van der Waals surface area contributed by atoms with Crippen molar-refractivity contribution in [1.29, 1.82) is 0 Å². The number of alkyl halides is 1. The third kappa shape index (κ3) is 3.30. The summed E-state index contributed by atoms with van der Waals surface area (Å²) in [5.41, 5.74) is 1.65. The van der Waals surface area contributed by atoms with Gasteiger partial charge in [-0.05, 0) is 38.5 Å². The van der Waals surface area contributed by atoms with Crippen molar-refractivity contribution in [1.82, 2.24) is 0 Å². The van der Waals surface area contributed by atoms with Gasteiger partial charge in [0.25, 0.3) is 0 Å². The third-order valence-electron chi connectivity index (χ3n) is 2.38. The Morgan fingerprint density at radius 1 is 1.41 bits per heavy atom. The van der Waals surface area contributed by atoms with E-state index in [4.69, 9.17) is 16.3 Å². The summed E-state index contributed by atoms with van der Waals surface area (Å²) in [7, 11) is 0. The van der Waals surface area contributed by atoms with Crippen LogP contribution in [0.3, 0.4) is 0 Å². The van der Waals surface area contributed by atoms with Gasteiger partial charge in [-0.15, -0.1) is 11.6 Å². The zero-order chi connectivity index (χ0) is 13.0. The van der Waals surface area contributed by atoms with Crippen molar-refractivity contribution in [3.63, 3.8) is 0 Å². The summed E-state index contributed by atoms with van der Waals surface area (Å²) in [4.78, 5) is 23.3. The van der Waals surface area contributed by atoms with Crippen LogP contribution in [0.25, 0.3) is 0 Å². The molecule has 0 spiro atoms. The summed E-state index contributed by atoms with van der Waals surface area (Å²) < 4.78 is 4.88. The molecule has 0 N–H and O–H groups in total. The number of Topliss-reactive ketones (excluding diaryl/α,β-unsaturated/α-hetero) is 1. The van der Waals surface area contributed by atoms with E-state index in [2.05, 4.69) is 0 Å². The summed E-state index contributed by atoms with van der Waals surface area (Å²) in [5, 5.41) is -0.605. The Bertz CT molecular complexity index is 438. The molecule has 1 rings (SSSR count). The van der Waals surface area contributed by atoms with Crippen LogP contribution in [0, 0.1) is 6.92 Å². The summed E-state index contributed by atoms with van der Waals surface area (Å²) in [6, 6.07) is 4.90. The fourth-order valence-corrected chi connectivity index (χ4v) is 1.56. The highest BCUT2D eigenvalue weighted by Gasteiger charge is 2.17. The Hall–Kier alpha value is -1.35. The van der Waals surface area contributed by atoms with E-state index in [1.165, 1.54) is 6.07 Å². The molecule has 0 aliphatic carbocycles. The predicted octanol–water partition coefficient (Wildman–Crippen LogP) is 2.98. The zero-order valence-corrected chi connectivity index (χ0v) is 10.9. The standard InChI is InChI=1S/C13H15ClO3/c1-4-17-13(16)10-6-5-8(2)11(7-10)12(15)9(3)14/h5-7,9H,4H2,1-3H3. The molecule has 0 amide bonds. The van der Waals surface area contributed by atoms with E-state index in [1.807, 2.05) is 0 Å². The number of carbonyl (C=O) groups excluding carboxylic acids is 2. The van der Waals surface area contributed by atoms with Crippen molar-refractivity contribution in [3.05, 3.63) is 34.9 Å². The first-order valence-corrected chi connectivity index (χ1v) is 5.87. The second-order valence-electron chi connectivity index (χ2n) is 3.73. The highest BCUT2D eigenvalue weighted by atomic mass is 35.5. The summed E-state index contributed by atoms with van der Waals surface area (Å²) >= 11 is 5.76. The number of carbonyl (C=O) groups is 2. The van der Waals surface area contributed by atoms with Crippen molar-refractivity contribution < 1.29 is 14.3 Å². The Morgan fingerprint density at radius 2 is 2.06 bits per heavy atom. The van der Waals surface area contributed by atoms with E-state index in [9.17, 15) is 9.59 Å². The van der Waals surface area contributed by atoms with Gasteiger partial charge in [0.1, 0.15) is 0 Å². The maximum absolute atomic E-state index is 11.8. The predicted molar refractivity (Wildman–Crippen MR) is 66.8 cm³/mol. The molecule has 1 unspecified atom stereocenters.